The van der Waals surface area contributed by atoms with Crippen LogP contribution < -0.4 is 0 Å². The number of rotatable bonds is 4. The lowest BCUT2D eigenvalue weighted by Gasteiger charge is -2.40. The molecule has 2 amide bonds. The molecule has 1 aromatic heterocycles. The van der Waals surface area contributed by atoms with Crippen molar-refractivity contribution in [3.8, 4) is 0 Å². The fraction of sp³-hybridized carbons (Fsp3) is 0.526. The van der Waals surface area contributed by atoms with Gasteiger partial charge in [0.1, 0.15) is 17.9 Å². The number of ether oxygens (including phenoxy) is 1. The van der Waals surface area contributed by atoms with Crippen LogP contribution in [-0.4, -0.2) is 68.8 Å². The molecule has 1 N–H and O–H groups in total. The molecule has 0 aliphatic carbocycles. The molecule has 2 aliphatic heterocycles. The molecule has 1 aromatic carbocycles. The first kappa shape index (κ1) is 19.9. The number of hydrogen-bond donors (Lipinski definition) is 1. The van der Waals surface area contributed by atoms with Crippen LogP contribution in [0.15, 0.2) is 17.3 Å². The number of halogens is 2. The van der Waals surface area contributed by atoms with E-state index in [0.29, 0.717) is 37.7 Å². The van der Waals surface area contributed by atoms with E-state index in [1.54, 1.807) is 9.80 Å². The molecule has 0 spiro atoms. The van der Waals surface area contributed by atoms with Crippen LogP contribution >= 0.6 is 11.8 Å². The number of imidazole rings is 1. The number of H-pyrrole nitrogens is 1. The molecule has 0 atom stereocenters. The Balaban J connectivity index is 1.32. The van der Waals surface area contributed by atoms with E-state index < -0.39 is 11.6 Å². The fourth-order valence-corrected chi connectivity index (χ4v) is 4.73. The average molecular weight is 424 g/mol. The lowest BCUT2D eigenvalue weighted by molar-refractivity contribution is -0.129. The first-order valence-corrected chi connectivity index (χ1v) is 10.4. The summed E-state index contributed by atoms with van der Waals surface area (Å²) in [6, 6.07) is 2.02. The van der Waals surface area contributed by atoms with Gasteiger partial charge in [0.2, 0.25) is 5.91 Å². The van der Waals surface area contributed by atoms with Gasteiger partial charge >= 0.3 is 6.09 Å². The third-order valence-corrected chi connectivity index (χ3v) is 6.25. The van der Waals surface area contributed by atoms with Crippen molar-refractivity contribution in [3.05, 3.63) is 23.8 Å². The van der Waals surface area contributed by atoms with Crippen LogP contribution in [0.2, 0.25) is 0 Å². The number of piperidine rings is 1. The molecule has 7 nitrogen and oxygen atoms in total. The Labute approximate surface area is 170 Å². The first-order chi connectivity index (χ1) is 13.7. The number of nitrogens with zero attached hydrogens (tertiary/aromatic N) is 3. The van der Waals surface area contributed by atoms with Gasteiger partial charge in [-0.25, -0.2) is 18.6 Å². The standard InChI is InChI=1S/C19H22F2N4O3S/c1-19(2)10-28-18(27)25(19)12-3-5-24(6-4-12)15(26)9-29-17-22-14-8-11(20)7-13(21)16(14)23-17/h7-8,12H,3-6,9-10H2,1-2H3,(H,22,23). The maximum absolute atomic E-state index is 13.8. The number of carbonyl (C=O) groups excluding carboxylic acids is 2. The number of nitrogens with one attached hydrogen (secondary N) is 1. The van der Waals surface area contributed by atoms with Gasteiger partial charge in [-0.05, 0) is 32.8 Å². The monoisotopic (exact) mass is 424 g/mol. The van der Waals surface area contributed by atoms with Crippen molar-refractivity contribution in [2.45, 2.75) is 43.4 Å². The predicted octanol–water partition coefficient (Wildman–Crippen LogP) is 3.16. The number of cyclic esters (lactones) is 1. The van der Waals surface area contributed by atoms with Crippen molar-refractivity contribution >= 4 is 34.8 Å². The highest BCUT2D eigenvalue weighted by Gasteiger charge is 2.44. The number of amides is 2. The summed E-state index contributed by atoms with van der Waals surface area (Å²) < 4.78 is 32.2. The van der Waals surface area contributed by atoms with Crippen LogP contribution in [0, 0.1) is 11.6 Å². The average Bonchev–Trinajstić information content (AvgIpc) is 3.20. The molecule has 10 heteroatoms. The van der Waals surface area contributed by atoms with Crippen LogP contribution in [0.5, 0.6) is 0 Å². The molecule has 2 aliphatic rings. The van der Waals surface area contributed by atoms with E-state index in [1.165, 1.54) is 6.07 Å². The topological polar surface area (TPSA) is 78.5 Å². The molecule has 3 heterocycles. The molecule has 2 fully saturated rings. The summed E-state index contributed by atoms with van der Waals surface area (Å²) in [5, 5.41) is 0.370. The van der Waals surface area contributed by atoms with Crippen molar-refractivity contribution in [1.29, 1.82) is 0 Å². The Kier molecular flexibility index (Phi) is 5.14. The normalized spacial score (nSPS) is 19.8. The molecule has 2 aromatic rings. The molecule has 0 bridgehead atoms. The fourth-order valence-electron chi connectivity index (χ4n) is 3.95. The molecule has 2 saturated heterocycles. The molecular formula is C19H22F2N4O3S. The minimum absolute atomic E-state index is 0.0520. The second kappa shape index (κ2) is 7.47. The van der Waals surface area contributed by atoms with Gasteiger partial charge < -0.3 is 14.6 Å². The number of aromatic nitrogens is 2. The van der Waals surface area contributed by atoms with Crippen molar-refractivity contribution in [2.75, 3.05) is 25.4 Å². The minimum Gasteiger partial charge on any atom is -0.447 e. The lowest BCUT2D eigenvalue weighted by Crippen LogP contribution is -2.53. The van der Waals surface area contributed by atoms with Crippen molar-refractivity contribution < 1.29 is 23.1 Å². The van der Waals surface area contributed by atoms with Crippen LogP contribution in [0.3, 0.4) is 0 Å². The molecular weight excluding hydrogens is 402 g/mol. The number of benzene rings is 1. The summed E-state index contributed by atoms with van der Waals surface area (Å²) in [4.78, 5) is 35.1. The zero-order valence-corrected chi connectivity index (χ0v) is 17.0. The van der Waals surface area contributed by atoms with E-state index in [4.69, 9.17) is 4.74 Å². The van der Waals surface area contributed by atoms with E-state index in [-0.39, 0.29) is 40.4 Å². The predicted molar refractivity (Wildman–Crippen MR) is 104 cm³/mol. The minimum atomic E-state index is -0.736. The van der Waals surface area contributed by atoms with Crippen molar-refractivity contribution in [2.24, 2.45) is 0 Å². The first-order valence-electron chi connectivity index (χ1n) is 9.46. The van der Waals surface area contributed by atoms with Gasteiger partial charge in [0.15, 0.2) is 11.0 Å². The van der Waals surface area contributed by atoms with E-state index in [9.17, 15) is 18.4 Å². The van der Waals surface area contributed by atoms with Crippen LogP contribution in [0.4, 0.5) is 13.6 Å². The van der Waals surface area contributed by atoms with Gasteiger partial charge in [0.25, 0.3) is 0 Å². The van der Waals surface area contributed by atoms with Crippen LogP contribution in [-0.2, 0) is 9.53 Å². The van der Waals surface area contributed by atoms with Crippen molar-refractivity contribution in [3.63, 3.8) is 0 Å². The quantitative estimate of drug-likeness (QED) is 0.763. The number of likely N-dealkylation sites (tertiary alicyclic amines) is 1. The van der Waals surface area contributed by atoms with Crippen LogP contribution in [0.25, 0.3) is 11.0 Å². The summed E-state index contributed by atoms with van der Waals surface area (Å²) in [6.45, 7) is 5.46. The number of thioether (sulfide) groups is 1. The van der Waals surface area contributed by atoms with Gasteiger partial charge in [-0.3, -0.25) is 9.69 Å². The molecule has 4 rings (SSSR count). The Hall–Kier alpha value is -2.36. The Morgan fingerprint density at radius 3 is 2.72 bits per heavy atom. The SMILES string of the molecule is CC1(C)COC(=O)N1C1CCN(C(=O)CSc2nc3c(F)cc(F)cc3[nH]2)CC1. The summed E-state index contributed by atoms with van der Waals surface area (Å²) in [5.74, 6) is -1.32. The zero-order chi connectivity index (χ0) is 20.8. The van der Waals surface area contributed by atoms with E-state index in [1.807, 2.05) is 13.8 Å². The highest BCUT2D eigenvalue weighted by atomic mass is 32.2. The van der Waals surface area contributed by atoms with Gasteiger partial charge in [0, 0.05) is 25.2 Å². The van der Waals surface area contributed by atoms with E-state index in [2.05, 4.69) is 9.97 Å². The van der Waals surface area contributed by atoms with Crippen LogP contribution in [0.1, 0.15) is 26.7 Å². The molecule has 0 radical (unpaired) electrons. The van der Waals surface area contributed by atoms with Gasteiger partial charge in [-0.2, -0.15) is 0 Å². The third kappa shape index (κ3) is 3.90. The second-order valence-corrected chi connectivity index (χ2v) is 8.93. The largest absolute Gasteiger partial charge is 0.447 e. The zero-order valence-electron chi connectivity index (χ0n) is 16.2. The maximum Gasteiger partial charge on any atom is 0.410 e. The Bertz CT molecular complexity index is 956. The van der Waals surface area contributed by atoms with Gasteiger partial charge in [-0.15, -0.1) is 0 Å². The van der Waals surface area contributed by atoms with E-state index >= 15 is 0 Å². The lowest BCUT2D eigenvalue weighted by atomic mass is 9.97. The molecule has 0 saturated carbocycles. The molecule has 0 unspecified atom stereocenters. The smallest absolute Gasteiger partial charge is 0.410 e. The summed E-state index contributed by atoms with van der Waals surface area (Å²) in [5.41, 5.74) is -0.0135. The number of aromatic amines is 1. The van der Waals surface area contributed by atoms with Crippen molar-refractivity contribution in [1.82, 2.24) is 19.8 Å². The molecule has 156 valence electrons. The second-order valence-electron chi connectivity index (χ2n) is 7.96. The number of carbonyl (C=O) groups is 2. The van der Waals surface area contributed by atoms with E-state index in [0.717, 1.165) is 17.8 Å². The number of hydrogen-bond acceptors (Lipinski definition) is 5. The highest BCUT2D eigenvalue weighted by molar-refractivity contribution is 7.99. The Morgan fingerprint density at radius 1 is 1.34 bits per heavy atom. The van der Waals surface area contributed by atoms with Gasteiger partial charge in [-0.1, -0.05) is 11.8 Å². The molecule has 29 heavy (non-hydrogen) atoms. The summed E-state index contributed by atoms with van der Waals surface area (Å²) in [6.07, 6.45) is 1.11. The summed E-state index contributed by atoms with van der Waals surface area (Å²) in [7, 11) is 0. The van der Waals surface area contributed by atoms with Gasteiger partial charge in [0.05, 0.1) is 16.8 Å². The highest BCUT2D eigenvalue weighted by Crippen LogP contribution is 2.31. The number of fused-ring (bicyclic) bond motifs is 1. The summed E-state index contributed by atoms with van der Waals surface area (Å²) >= 11 is 1.16. The third-order valence-electron chi connectivity index (χ3n) is 5.40. The Morgan fingerprint density at radius 2 is 2.07 bits per heavy atom. The maximum atomic E-state index is 13.8.